The Bertz CT molecular complexity index is 1090. The maximum absolute atomic E-state index is 12.7. The van der Waals surface area contributed by atoms with Crippen molar-refractivity contribution >= 4 is 23.7 Å². The Balaban J connectivity index is 1.56. The lowest BCUT2D eigenvalue weighted by molar-refractivity contribution is -0.147. The number of rotatable bonds is 11. The van der Waals surface area contributed by atoms with Crippen LogP contribution >= 0.6 is 0 Å². The number of hydrogen-bond donors (Lipinski definition) is 2. The Hall–Kier alpha value is -4.33. The van der Waals surface area contributed by atoms with Crippen molar-refractivity contribution in [2.75, 3.05) is 12.4 Å². The summed E-state index contributed by atoms with van der Waals surface area (Å²) in [5, 5.41) is 5.28. The van der Waals surface area contributed by atoms with Crippen molar-refractivity contribution in [3.63, 3.8) is 0 Å². The number of methoxy groups -OCH3 is 1. The topological polar surface area (TPSA) is 103 Å². The van der Waals surface area contributed by atoms with Gasteiger partial charge in [0.25, 0.3) is 0 Å². The number of anilines is 1. The molecule has 0 aliphatic rings. The van der Waals surface area contributed by atoms with E-state index in [0.29, 0.717) is 11.4 Å². The lowest BCUT2D eigenvalue weighted by Gasteiger charge is -2.18. The third-order valence-electron chi connectivity index (χ3n) is 5.05. The zero-order chi connectivity index (χ0) is 24.9. The van der Waals surface area contributed by atoms with Crippen molar-refractivity contribution in [3.05, 3.63) is 96.1 Å². The number of carbonyl (C=O) groups is 3. The molecule has 0 unspecified atom stereocenters. The predicted molar refractivity (Wildman–Crippen MR) is 131 cm³/mol. The molecule has 3 rings (SSSR count). The number of carbonyl (C=O) groups excluding carboxylic acids is 3. The molecule has 3 aromatic rings. The minimum atomic E-state index is -1.05. The van der Waals surface area contributed by atoms with Crippen LogP contribution in [0.1, 0.15) is 24.0 Å². The fourth-order valence-electron chi connectivity index (χ4n) is 3.16. The van der Waals surface area contributed by atoms with Gasteiger partial charge in [0, 0.05) is 12.1 Å². The van der Waals surface area contributed by atoms with Gasteiger partial charge in [0.15, 0.2) is 0 Å². The van der Waals surface area contributed by atoms with Gasteiger partial charge in [0.2, 0.25) is 5.91 Å². The minimum Gasteiger partial charge on any atom is -0.497 e. The summed E-state index contributed by atoms with van der Waals surface area (Å²) >= 11 is 0. The fourth-order valence-corrected chi connectivity index (χ4v) is 3.16. The quantitative estimate of drug-likeness (QED) is 0.396. The Morgan fingerprint density at radius 1 is 0.771 bits per heavy atom. The summed E-state index contributed by atoms with van der Waals surface area (Å²) in [6, 6.07) is 24.2. The van der Waals surface area contributed by atoms with Crippen molar-refractivity contribution in [1.29, 1.82) is 0 Å². The molecule has 0 saturated carbocycles. The molecule has 1 atom stereocenters. The molecule has 182 valence electrons. The van der Waals surface area contributed by atoms with Crippen molar-refractivity contribution in [3.8, 4) is 5.75 Å². The summed E-state index contributed by atoms with van der Waals surface area (Å²) < 4.78 is 15.7. The van der Waals surface area contributed by atoms with Crippen LogP contribution in [-0.2, 0) is 32.3 Å². The Morgan fingerprint density at radius 2 is 1.34 bits per heavy atom. The van der Waals surface area contributed by atoms with Gasteiger partial charge < -0.3 is 24.8 Å². The monoisotopic (exact) mass is 476 g/mol. The second-order valence-electron chi connectivity index (χ2n) is 7.67. The normalized spacial score (nSPS) is 11.1. The molecule has 8 nitrogen and oxygen atoms in total. The van der Waals surface area contributed by atoms with Crippen LogP contribution < -0.4 is 15.4 Å². The van der Waals surface area contributed by atoms with Gasteiger partial charge in [-0.15, -0.1) is 0 Å². The molecule has 2 N–H and O–H groups in total. The van der Waals surface area contributed by atoms with Crippen LogP contribution in [-0.4, -0.2) is 31.1 Å². The highest BCUT2D eigenvalue weighted by Crippen LogP contribution is 2.15. The standard InChI is InChI=1S/C27H28N2O6/c1-33-23-14-12-22(13-15-23)28-25(30)17-16-24(26(31)34-18-20-8-4-2-5-9-20)29-27(32)35-19-21-10-6-3-7-11-21/h2-15,24H,16-19H2,1H3,(H,28,30)(H,29,32)/t24-/m0/s1. The largest absolute Gasteiger partial charge is 0.497 e. The summed E-state index contributed by atoms with van der Waals surface area (Å²) in [5.74, 6) is -0.291. The third kappa shape index (κ3) is 8.85. The van der Waals surface area contributed by atoms with E-state index in [1.165, 1.54) is 0 Å². The van der Waals surface area contributed by atoms with Gasteiger partial charge in [0.05, 0.1) is 7.11 Å². The highest BCUT2D eigenvalue weighted by Gasteiger charge is 2.24. The molecule has 0 radical (unpaired) electrons. The molecule has 3 aromatic carbocycles. The average molecular weight is 477 g/mol. The summed E-state index contributed by atoms with van der Waals surface area (Å²) in [6.07, 6.45) is -0.752. The van der Waals surface area contributed by atoms with Crippen molar-refractivity contribution < 1.29 is 28.6 Å². The zero-order valence-corrected chi connectivity index (χ0v) is 19.4. The van der Waals surface area contributed by atoms with Gasteiger partial charge in [-0.05, 0) is 41.8 Å². The first kappa shape index (κ1) is 25.3. The number of nitrogens with one attached hydrogen (secondary N) is 2. The maximum Gasteiger partial charge on any atom is 0.408 e. The van der Waals surface area contributed by atoms with Gasteiger partial charge in [-0.1, -0.05) is 60.7 Å². The van der Waals surface area contributed by atoms with E-state index in [1.54, 1.807) is 31.4 Å². The zero-order valence-electron chi connectivity index (χ0n) is 19.4. The predicted octanol–water partition coefficient (Wildman–Crippen LogP) is 4.45. The van der Waals surface area contributed by atoms with Crippen molar-refractivity contribution in [1.82, 2.24) is 5.32 Å². The second-order valence-corrected chi connectivity index (χ2v) is 7.67. The molecule has 2 amide bonds. The Morgan fingerprint density at radius 3 is 1.91 bits per heavy atom. The lowest BCUT2D eigenvalue weighted by atomic mass is 10.1. The van der Waals surface area contributed by atoms with Gasteiger partial charge >= 0.3 is 12.1 Å². The molecule has 8 heteroatoms. The summed E-state index contributed by atoms with van der Waals surface area (Å²) in [4.78, 5) is 37.5. The summed E-state index contributed by atoms with van der Waals surface area (Å²) in [5.41, 5.74) is 2.21. The first-order valence-electron chi connectivity index (χ1n) is 11.1. The van der Waals surface area contributed by atoms with Crippen LogP contribution in [0, 0.1) is 0 Å². The maximum atomic E-state index is 12.7. The molecule has 0 heterocycles. The summed E-state index contributed by atoms with van der Waals surface area (Å²) in [6.45, 7) is 0.103. The number of alkyl carbamates (subject to hydrolysis) is 1. The van der Waals surface area contributed by atoms with Crippen LogP contribution in [0.15, 0.2) is 84.9 Å². The molecule has 0 fully saturated rings. The number of esters is 1. The molecule has 0 bridgehead atoms. The van der Waals surface area contributed by atoms with Gasteiger partial charge in [-0.25, -0.2) is 9.59 Å². The van der Waals surface area contributed by atoms with Gasteiger partial charge in [0.1, 0.15) is 25.0 Å². The van der Waals surface area contributed by atoms with Crippen LogP contribution in [0.4, 0.5) is 10.5 Å². The van der Waals surface area contributed by atoms with Crippen LogP contribution in [0.3, 0.4) is 0 Å². The lowest BCUT2D eigenvalue weighted by Crippen LogP contribution is -2.42. The smallest absolute Gasteiger partial charge is 0.408 e. The molecule has 0 spiro atoms. The van der Waals surface area contributed by atoms with E-state index in [0.717, 1.165) is 11.1 Å². The van der Waals surface area contributed by atoms with E-state index >= 15 is 0 Å². The van der Waals surface area contributed by atoms with Gasteiger partial charge in [-0.2, -0.15) is 0 Å². The highest BCUT2D eigenvalue weighted by atomic mass is 16.6. The van der Waals surface area contributed by atoms with E-state index in [2.05, 4.69) is 10.6 Å². The van der Waals surface area contributed by atoms with Gasteiger partial charge in [-0.3, -0.25) is 4.79 Å². The molecule has 0 aromatic heterocycles. The van der Waals surface area contributed by atoms with Crippen molar-refractivity contribution in [2.24, 2.45) is 0 Å². The highest BCUT2D eigenvalue weighted by molar-refractivity contribution is 5.91. The van der Waals surface area contributed by atoms with E-state index < -0.39 is 18.1 Å². The number of hydrogen-bond acceptors (Lipinski definition) is 6. The fraction of sp³-hybridized carbons (Fsp3) is 0.222. The SMILES string of the molecule is COc1ccc(NC(=O)CC[C@H](NC(=O)OCc2ccccc2)C(=O)OCc2ccccc2)cc1. The molecule has 35 heavy (non-hydrogen) atoms. The van der Waals surface area contributed by atoms with Crippen LogP contribution in [0.2, 0.25) is 0 Å². The first-order chi connectivity index (χ1) is 17.0. The van der Waals surface area contributed by atoms with Crippen molar-refractivity contribution in [2.45, 2.75) is 32.1 Å². The number of ether oxygens (including phenoxy) is 3. The third-order valence-corrected chi connectivity index (χ3v) is 5.05. The second kappa shape index (κ2) is 13.4. The van der Waals surface area contributed by atoms with E-state index in [1.807, 2.05) is 60.7 Å². The minimum absolute atomic E-state index is 0.0178. The molecular formula is C27H28N2O6. The molecule has 0 aliphatic carbocycles. The van der Waals surface area contributed by atoms with Crippen LogP contribution in [0.5, 0.6) is 5.75 Å². The summed E-state index contributed by atoms with van der Waals surface area (Å²) in [7, 11) is 1.56. The molecule has 0 saturated heterocycles. The van der Waals surface area contributed by atoms with E-state index in [9.17, 15) is 14.4 Å². The first-order valence-corrected chi connectivity index (χ1v) is 11.1. The van der Waals surface area contributed by atoms with Crippen LogP contribution in [0.25, 0.3) is 0 Å². The van der Waals surface area contributed by atoms with E-state index in [4.69, 9.17) is 14.2 Å². The molecule has 0 aliphatic heterocycles. The Kier molecular flexibility index (Phi) is 9.68. The number of benzene rings is 3. The number of amides is 2. The molecular weight excluding hydrogens is 448 g/mol. The van der Waals surface area contributed by atoms with E-state index in [-0.39, 0.29) is 32.0 Å². The Labute approximate surface area is 204 Å². The average Bonchev–Trinajstić information content (AvgIpc) is 2.90.